The average molecular weight is 756 g/mol. The van der Waals surface area contributed by atoms with Gasteiger partial charge in [-0.2, -0.15) is 0 Å². The van der Waals surface area contributed by atoms with E-state index >= 15 is 0 Å². The smallest absolute Gasteiger partial charge is 0.0640 e. The van der Waals surface area contributed by atoms with E-state index in [0.717, 1.165) is 11.4 Å². The third kappa shape index (κ3) is 5.86. The summed E-state index contributed by atoms with van der Waals surface area (Å²) in [4.78, 5) is 2.45. The van der Waals surface area contributed by atoms with Gasteiger partial charge in [-0.25, -0.2) is 0 Å². The Hall–Kier alpha value is -7.26. The Morgan fingerprint density at radius 1 is 0.293 bits per heavy atom. The minimum absolute atomic E-state index is 1.11. The van der Waals surface area contributed by atoms with Crippen LogP contribution in [0.3, 0.4) is 0 Å². The SMILES string of the molecule is c1ccc(-c2ccc(N(c3ccc(-c4ccc(-c5cccc6ccccc56)c5ccccc45)cc3)c3cccc4c3sc3ccccc34)cc2-c2ccccc2)cc1. The molecule has 1 heterocycles. The van der Waals surface area contributed by atoms with Crippen LogP contribution in [0.2, 0.25) is 0 Å². The molecule has 272 valence electrons. The van der Waals surface area contributed by atoms with Crippen LogP contribution in [0.5, 0.6) is 0 Å². The highest BCUT2D eigenvalue weighted by Gasteiger charge is 2.21. The van der Waals surface area contributed by atoms with Crippen molar-refractivity contribution in [3.8, 4) is 44.5 Å². The number of rotatable bonds is 7. The fourth-order valence-electron chi connectivity index (χ4n) is 8.77. The molecule has 1 nitrogen and oxygen atoms in total. The van der Waals surface area contributed by atoms with Gasteiger partial charge >= 0.3 is 0 Å². The van der Waals surface area contributed by atoms with E-state index in [1.165, 1.54) is 91.9 Å². The molecule has 0 N–H and O–H groups in total. The molecule has 0 saturated heterocycles. The lowest BCUT2D eigenvalue weighted by atomic mass is 9.90. The van der Waals surface area contributed by atoms with Crippen molar-refractivity contribution < 1.29 is 0 Å². The molecule has 0 radical (unpaired) electrons. The van der Waals surface area contributed by atoms with Crippen LogP contribution >= 0.6 is 11.3 Å². The van der Waals surface area contributed by atoms with Crippen molar-refractivity contribution in [1.82, 2.24) is 0 Å². The minimum atomic E-state index is 1.11. The van der Waals surface area contributed by atoms with Crippen molar-refractivity contribution in [2.45, 2.75) is 0 Å². The maximum atomic E-state index is 2.45. The van der Waals surface area contributed by atoms with Gasteiger partial charge in [-0.05, 0) is 102 Å². The summed E-state index contributed by atoms with van der Waals surface area (Å²) in [6, 6.07) is 81.9. The molecule has 0 unspecified atom stereocenters. The molecule has 0 fully saturated rings. The third-order valence-corrected chi connectivity index (χ3v) is 12.7. The summed E-state index contributed by atoms with van der Waals surface area (Å²) >= 11 is 1.87. The minimum Gasteiger partial charge on any atom is -0.309 e. The molecule has 0 spiro atoms. The maximum Gasteiger partial charge on any atom is 0.0640 e. The highest BCUT2D eigenvalue weighted by atomic mass is 32.1. The quantitative estimate of drug-likeness (QED) is 0.157. The lowest BCUT2D eigenvalue weighted by Gasteiger charge is -2.27. The molecule has 1 aromatic heterocycles. The topological polar surface area (TPSA) is 3.24 Å². The van der Waals surface area contributed by atoms with Crippen LogP contribution in [0.1, 0.15) is 0 Å². The van der Waals surface area contributed by atoms with Crippen LogP contribution in [0.4, 0.5) is 17.1 Å². The highest BCUT2D eigenvalue weighted by Crippen LogP contribution is 2.47. The fourth-order valence-corrected chi connectivity index (χ4v) is 9.98. The molecule has 0 bridgehead atoms. The summed E-state index contributed by atoms with van der Waals surface area (Å²) in [5, 5.41) is 7.60. The Kier molecular flexibility index (Phi) is 8.42. The van der Waals surface area contributed by atoms with Crippen molar-refractivity contribution >= 4 is 70.1 Å². The predicted molar refractivity (Wildman–Crippen MR) is 251 cm³/mol. The zero-order valence-corrected chi connectivity index (χ0v) is 32.5. The van der Waals surface area contributed by atoms with Crippen LogP contribution in [0.25, 0.3) is 86.2 Å². The van der Waals surface area contributed by atoms with Gasteiger partial charge in [0.2, 0.25) is 0 Å². The van der Waals surface area contributed by atoms with Gasteiger partial charge in [0.15, 0.2) is 0 Å². The Labute approximate surface area is 342 Å². The molecular formula is C56H37NS. The molecule has 58 heavy (non-hydrogen) atoms. The molecule has 0 atom stereocenters. The molecule has 11 rings (SSSR count). The molecule has 0 amide bonds. The van der Waals surface area contributed by atoms with Gasteiger partial charge in [-0.15, -0.1) is 11.3 Å². The number of nitrogens with zero attached hydrogens (tertiary/aromatic N) is 1. The maximum absolute atomic E-state index is 2.45. The summed E-state index contributed by atoms with van der Waals surface area (Å²) < 4.78 is 2.57. The monoisotopic (exact) mass is 755 g/mol. The fraction of sp³-hybridized carbons (Fsp3) is 0. The van der Waals surface area contributed by atoms with Gasteiger partial charge in [-0.1, -0.05) is 188 Å². The zero-order chi connectivity index (χ0) is 38.4. The Balaban J connectivity index is 1.08. The van der Waals surface area contributed by atoms with E-state index in [4.69, 9.17) is 0 Å². The molecule has 2 heteroatoms. The average Bonchev–Trinajstić information content (AvgIpc) is 3.69. The van der Waals surface area contributed by atoms with Gasteiger partial charge in [0.25, 0.3) is 0 Å². The van der Waals surface area contributed by atoms with Gasteiger partial charge in [-0.3, -0.25) is 0 Å². The van der Waals surface area contributed by atoms with Crippen LogP contribution in [-0.4, -0.2) is 0 Å². The summed E-state index contributed by atoms with van der Waals surface area (Å²) in [5.74, 6) is 0. The lowest BCUT2D eigenvalue weighted by Crippen LogP contribution is -2.10. The van der Waals surface area contributed by atoms with Gasteiger partial charge in [0, 0.05) is 26.8 Å². The number of benzene rings is 10. The van der Waals surface area contributed by atoms with Gasteiger partial charge in [0.1, 0.15) is 0 Å². The Bertz CT molecular complexity index is 3270. The summed E-state index contributed by atoms with van der Waals surface area (Å²) in [6.45, 7) is 0. The third-order valence-electron chi connectivity index (χ3n) is 11.5. The summed E-state index contributed by atoms with van der Waals surface area (Å²) in [6.07, 6.45) is 0. The van der Waals surface area contributed by atoms with E-state index in [2.05, 4.69) is 229 Å². The first-order valence-corrected chi connectivity index (χ1v) is 20.7. The zero-order valence-electron chi connectivity index (χ0n) is 31.7. The first kappa shape index (κ1) is 34.0. The Morgan fingerprint density at radius 3 is 1.59 bits per heavy atom. The van der Waals surface area contributed by atoms with E-state index < -0.39 is 0 Å². The van der Waals surface area contributed by atoms with Crippen LogP contribution in [0, 0.1) is 0 Å². The summed E-state index contributed by atoms with van der Waals surface area (Å²) in [7, 11) is 0. The number of thiophene rings is 1. The highest BCUT2D eigenvalue weighted by molar-refractivity contribution is 7.26. The number of hydrogen-bond donors (Lipinski definition) is 0. The van der Waals surface area contributed by atoms with Crippen molar-refractivity contribution in [1.29, 1.82) is 0 Å². The van der Waals surface area contributed by atoms with Gasteiger partial charge < -0.3 is 4.90 Å². The van der Waals surface area contributed by atoms with Crippen LogP contribution in [0.15, 0.2) is 224 Å². The van der Waals surface area contributed by atoms with E-state index in [0.29, 0.717) is 0 Å². The van der Waals surface area contributed by atoms with Crippen LogP contribution in [-0.2, 0) is 0 Å². The first-order chi connectivity index (χ1) is 28.8. The van der Waals surface area contributed by atoms with Crippen molar-refractivity contribution in [2.24, 2.45) is 0 Å². The molecule has 0 aliphatic heterocycles. The van der Waals surface area contributed by atoms with E-state index in [1.807, 2.05) is 11.3 Å². The second kappa shape index (κ2) is 14.4. The van der Waals surface area contributed by atoms with E-state index in [-0.39, 0.29) is 0 Å². The van der Waals surface area contributed by atoms with Crippen molar-refractivity contribution in [3.05, 3.63) is 224 Å². The molecular weight excluding hydrogens is 719 g/mol. The van der Waals surface area contributed by atoms with E-state index in [9.17, 15) is 0 Å². The van der Waals surface area contributed by atoms with Crippen molar-refractivity contribution in [3.63, 3.8) is 0 Å². The second-order valence-electron chi connectivity index (χ2n) is 14.8. The molecule has 10 aromatic carbocycles. The largest absolute Gasteiger partial charge is 0.309 e. The van der Waals surface area contributed by atoms with Crippen molar-refractivity contribution in [2.75, 3.05) is 4.90 Å². The van der Waals surface area contributed by atoms with E-state index in [1.54, 1.807) is 0 Å². The normalized spacial score (nSPS) is 11.4. The molecule has 0 aliphatic rings. The predicted octanol–water partition coefficient (Wildman–Crippen LogP) is 16.5. The Morgan fingerprint density at radius 2 is 0.810 bits per heavy atom. The molecule has 0 aliphatic carbocycles. The van der Waals surface area contributed by atoms with Crippen LogP contribution < -0.4 is 4.90 Å². The number of anilines is 3. The second-order valence-corrected chi connectivity index (χ2v) is 15.9. The standard InChI is InChI=1S/C56H37NS/c1-3-15-38(16-4-1)46-34-33-43(37-53(46)40-17-5-2-6-18-40)57(54-27-14-26-52-51-24-11-12-28-55(51)58-56(52)54)42-31-29-41(30-32-42)45-35-36-50(49-23-10-9-22-47(45)49)48-25-13-20-39-19-7-8-21-44(39)48/h1-37H. The number of fused-ring (bicyclic) bond motifs is 5. The van der Waals surface area contributed by atoms with Gasteiger partial charge in [0.05, 0.1) is 10.4 Å². The first-order valence-electron chi connectivity index (χ1n) is 19.8. The number of hydrogen-bond acceptors (Lipinski definition) is 2. The summed E-state index contributed by atoms with van der Waals surface area (Å²) in [5.41, 5.74) is 13.1. The molecule has 11 aromatic rings. The lowest BCUT2D eigenvalue weighted by molar-refractivity contribution is 1.30. The molecule has 0 saturated carbocycles.